The van der Waals surface area contributed by atoms with Crippen LogP contribution in [0.4, 0.5) is 5.82 Å². The topological polar surface area (TPSA) is 180 Å². The molecule has 15 heteroatoms. The van der Waals surface area contributed by atoms with Crippen LogP contribution in [0.15, 0.2) is 42.9 Å². The van der Waals surface area contributed by atoms with Gasteiger partial charge in [0.2, 0.25) is 0 Å². The van der Waals surface area contributed by atoms with Gasteiger partial charge in [-0.15, -0.1) is 0 Å². The van der Waals surface area contributed by atoms with Crippen LogP contribution in [-0.2, 0) is 23.4 Å². The molecular formula is C23H29IN5O8P. The molecule has 2 unspecified atom stereocenters. The van der Waals surface area contributed by atoms with Crippen molar-refractivity contribution in [1.82, 2.24) is 19.6 Å². The highest BCUT2D eigenvalue weighted by atomic mass is 127. The summed E-state index contributed by atoms with van der Waals surface area (Å²) in [5.74, 6) is -0.158. The average molecular weight is 661 g/mol. The lowest BCUT2D eigenvalue weighted by Crippen LogP contribution is -2.38. The molecule has 38 heavy (non-hydrogen) atoms. The van der Waals surface area contributed by atoms with Crippen LogP contribution >= 0.6 is 30.3 Å². The molecule has 3 aromatic rings. The Morgan fingerprint density at radius 3 is 2.63 bits per heavy atom. The molecule has 13 nitrogen and oxygen atoms in total. The number of aliphatic hydroxyl groups excluding tert-OH is 2. The first-order valence-electron chi connectivity index (χ1n) is 11.7. The molecule has 1 aliphatic rings. The summed E-state index contributed by atoms with van der Waals surface area (Å²) in [7, 11) is -4.20. The van der Waals surface area contributed by atoms with Gasteiger partial charge < -0.3 is 34.5 Å². The number of aromatic nitrogens is 3. The maximum atomic E-state index is 13.7. The summed E-state index contributed by atoms with van der Waals surface area (Å²) in [6.07, 6.45) is -2.32. The summed E-state index contributed by atoms with van der Waals surface area (Å²) in [6, 6.07) is 7.21. The predicted octanol–water partition coefficient (Wildman–Crippen LogP) is 2.37. The van der Waals surface area contributed by atoms with Crippen LogP contribution in [0.3, 0.4) is 0 Å². The number of hydrogen-bond acceptors (Lipinski definition) is 11. The van der Waals surface area contributed by atoms with Gasteiger partial charge in [-0.2, -0.15) is 5.09 Å². The summed E-state index contributed by atoms with van der Waals surface area (Å²) >= 11 is 2.06. The summed E-state index contributed by atoms with van der Waals surface area (Å²) in [5.41, 5.74) is 6.39. The quantitative estimate of drug-likeness (QED) is 0.142. The fourth-order valence-corrected chi connectivity index (χ4v) is 6.18. The zero-order chi connectivity index (χ0) is 27.6. The Bertz CT molecular complexity index is 1330. The SMILES string of the molecule is CC(C)OC(=O)[C@@H](C)NP(=O)(OC[C@H]1OC(n2cc(I)c3c(N)ncnc32)[C@H](O)[C@@H]1O)Oc1ccccc1. The fraction of sp³-hybridized carbons (Fsp3) is 0.435. The van der Waals surface area contributed by atoms with Crippen molar-refractivity contribution in [3.8, 4) is 5.75 Å². The third-order valence-electron chi connectivity index (χ3n) is 5.64. The maximum absolute atomic E-state index is 13.7. The Hall–Kier alpha value is -2.33. The first kappa shape index (κ1) is 28.7. The number of nitrogens with zero attached hydrogens (tertiary/aromatic N) is 3. The average Bonchev–Trinajstić information content (AvgIpc) is 3.34. The van der Waals surface area contributed by atoms with E-state index in [1.807, 2.05) is 0 Å². The third kappa shape index (κ3) is 6.28. The van der Waals surface area contributed by atoms with E-state index in [-0.39, 0.29) is 17.7 Å². The summed E-state index contributed by atoms with van der Waals surface area (Å²) < 4.78 is 38.3. The van der Waals surface area contributed by atoms with Crippen molar-refractivity contribution in [1.29, 1.82) is 0 Å². The Morgan fingerprint density at radius 1 is 1.24 bits per heavy atom. The number of esters is 1. The number of carbonyl (C=O) groups excluding carboxylic acids is 1. The van der Waals surface area contributed by atoms with E-state index < -0.39 is 50.9 Å². The lowest BCUT2D eigenvalue weighted by atomic mass is 10.1. The minimum absolute atomic E-state index is 0.226. The number of nitrogen functional groups attached to an aromatic ring is 1. The van der Waals surface area contributed by atoms with Crippen molar-refractivity contribution in [2.45, 2.75) is 57.5 Å². The van der Waals surface area contributed by atoms with Crippen molar-refractivity contribution >= 4 is 53.2 Å². The molecule has 1 aliphatic heterocycles. The van der Waals surface area contributed by atoms with Gasteiger partial charge in [0.15, 0.2) is 6.23 Å². The normalized spacial score (nSPS) is 23.9. The van der Waals surface area contributed by atoms with Crippen molar-refractivity contribution in [2.24, 2.45) is 0 Å². The number of nitrogens with two attached hydrogens (primary N) is 1. The van der Waals surface area contributed by atoms with Gasteiger partial charge in [0, 0.05) is 9.77 Å². The molecule has 1 saturated heterocycles. The minimum Gasteiger partial charge on any atom is -0.462 e. The smallest absolute Gasteiger partial charge is 0.459 e. The Morgan fingerprint density at radius 2 is 1.95 bits per heavy atom. The maximum Gasteiger partial charge on any atom is 0.459 e. The molecule has 1 fully saturated rings. The van der Waals surface area contributed by atoms with Crippen LogP contribution in [-0.4, -0.2) is 67.8 Å². The molecule has 3 heterocycles. The van der Waals surface area contributed by atoms with E-state index >= 15 is 0 Å². The lowest BCUT2D eigenvalue weighted by Gasteiger charge is -2.25. The number of anilines is 1. The number of ether oxygens (including phenoxy) is 2. The number of carbonyl (C=O) groups is 1. The van der Waals surface area contributed by atoms with Gasteiger partial charge in [-0.3, -0.25) is 9.32 Å². The minimum atomic E-state index is -4.20. The van der Waals surface area contributed by atoms with Gasteiger partial charge in [0.25, 0.3) is 0 Å². The van der Waals surface area contributed by atoms with Crippen molar-refractivity contribution in [3.63, 3.8) is 0 Å². The van der Waals surface area contributed by atoms with E-state index in [9.17, 15) is 19.6 Å². The Labute approximate surface area is 232 Å². The molecule has 0 aliphatic carbocycles. The summed E-state index contributed by atoms with van der Waals surface area (Å²) in [5, 5.41) is 24.7. The van der Waals surface area contributed by atoms with E-state index in [0.29, 0.717) is 11.0 Å². The van der Waals surface area contributed by atoms with Crippen LogP contribution in [0.2, 0.25) is 0 Å². The summed E-state index contributed by atoms with van der Waals surface area (Å²) in [4.78, 5) is 20.6. The molecule has 0 amide bonds. The monoisotopic (exact) mass is 661 g/mol. The van der Waals surface area contributed by atoms with Gasteiger partial charge in [0.05, 0.1) is 18.1 Å². The molecule has 0 radical (unpaired) electrons. The highest BCUT2D eigenvalue weighted by Crippen LogP contribution is 2.46. The van der Waals surface area contributed by atoms with E-state index in [1.54, 1.807) is 54.9 Å². The van der Waals surface area contributed by atoms with E-state index in [1.165, 1.54) is 13.3 Å². The largest absolute Gasteiger partial charge is 0.462 e. The third-order valence-corrected chi connectivity index (χ3v) is 8.10. The number of fused-ring (bicyclic) bond motifs is 1. The molecule has 5 N–H and O–H groups in total. The molecule has 0 saturated carbocycles. The lowest BCUT2D eigenvalue weighted by molar-refractivity contribution is -0.149. The van der Waals surface area contributed by atoms with Gasteiger partial charge in [-0.25, -0.2) is 14.5 Å². The number of benzene rings is 1. The number of para-hydroxylation sites is 1. The highest BCUT2D eigenvalue weighted by molar-refractivity contribution is 14.1. The van der Waals surface area contributed by atoms with Crippen LogP contribution in [0.5, 0.6) is 5.75 Å². The number of nitrogens with one attached hydrogen (secondary N) is 1. The fourth-order valence-electron chi connectivity index (χ4n) is 3.86. The number of aliphatic hydroxyl groups is 2. The standard InChI is InChI=1S/C23H29IN5O8P/c1-12(2)35-23(32)13(3)28-38(33,37-14-7-5-4-6-8-14)34-10-16-18(30)19(31)22(36-16)29-9-15(24)17-20(25)26-11-27-21(17)29/h4-9,11-13,16,18-19,22,30-31H,10H2,1-3H3,(H,28,33)(H2,25,26,27)/t13-,16-,18-,19-,22?,38?/m1/s1. The first-order valence-corrected chi connectivity index (χ1v) is 14.4. The van der Waals surface area contributed by atoms with Gasteiger partial charge in [0.1, 0.15) is 47.9 Å². The Kier molecular flexibility index (Phi) is 8.92. The highest BCUT2D eigenvalue weighted by Gasteiger charge is 2.46. The molecule has 1 aromatic carbocycles. The molecular weight excluding hydrogens is 632 g/mol. The second-order valence-corrected chi connectivity index (χ2v) is 11.8. The molecule has 2 aromatic heterocycles. The predicted molar refractivity (Wildman–Crippen MR) is 145 cm³/mol. The molecule has 206 valence electrons. The zero-order valence-electron chi connectivity index (χ0n) is 20.8. The van der Waals surface area contributed by atoms with Crippen molar-refractivity contribution in [2.75, 3.05) is 12.3 Å². The molecule has 6 atom stereocenters. The Balaban J connectivity index is 1.52. The van der Waals surface area contributed by atoms with Gasteiger partial charge in [-0.05, 0) is 55.5 Å². The van der Waals surface area contributed by atoms with Gasteiger partial charge >= 0.3 is 13.7 Å². The summed E-state index contributed by atoms with van der Waals surface area (Å²) in [6.45, 7) is 4.40. The molecule has 0 spiro atoms. The number of rotatable bonds is 10. The van der Waals surface area contributed by atoms with Crippen LogP contribution in [0, 0.1) is 3.57 Å². The van der Waals surface area contributed by atoms with E-state index in [2.05, 4.69) is 37.6 Å². The van der Waals surface area contributed by atoms with Crippen LogP contribution < -0.4 is 15.3 Å². The second-order valence-electron chi connectivity index (χ2n) is 8.92. The van der Waals surface area contributed by atoms with E-state index in [0.717, 1.165) is 3.57 Å². The zero-order valence-corrected chi connectivity index (χ0v) is 23.9. The van der Waals surface area contributed by atoms with Crippen molar-refractivity contribution in [3.05, 3.63) is 46.4 Å². The first-order chi connectivity index (χ1) is 18.0. The molecule has 4 rings (SSSR count). The van der Waals surface area contributed by atoms with Crippen molar-refractivity contribution < 1.29 is 38.1 Å². The molecule has 0 bridgehead atoms. The number of halogens is 1. The van der Waals surface area contributed by atoms with Crippen LogP contribution in [0.1, 0.15) is 27.0 Å². The second kappa shape index (κ2) is 11.8. The number of hydrogen-bond donors (Lipinski definition) is 4. The van der Waals surface area contributed by atoms with E-state index in [4.69, 9.17) is 24.3 Å². The van der Waals surface area contributed by atoms with Gasteiger partial charge in [-0.1, -0.05) is 18.2 Å². The van der Waals surface area contributed by atoms with Crippen LogP contribution in [0.25, 0.3) is 11.0 Å².